The van der Waals surface area contributed by atoms with Crippen LogP contribution in [0.5, 0.6) is 0 Å². The number of rotatable bonds is 9. The summed E-state index contributed by atoms with van der Waals surface area (Å²) in [5.41, 5.74) is -5.21. The van der Waals surface area contributed by atoms with Gasteiger partial charge in [-0.2, -0.15) is 0 Å². The number of cyclic esters (lactones) is 1. The van der Waals surface area contributed by atoms with E-state index in [1.165, 1.54) is 52.1 Å². The number of carbonyl (C=O) groups is 2. The molecule has 3 heterocycles. The summed E-state index contributed by atoms with van der Waals surface area (Å²) in [6.07, 6.45) is -11.0. The number of urea groups is 1. The molecule has 3 aliphatic heterocycles. The van der Waals surface area contributed by atoms with Gasteiger partial charge in [0.05, 0.1) is 52.5 Å². The number of nitrogens with zero attached hydrogens (tertiary/aromatic N) is 2. The van der Waals surface area contributed by atoms with Gasteiger partial charge in [0.15, 0.2) is 12.6 Å². The zero-order valence-corrected chi connectivity index (χ0v) is 41.1. The minimum Gasteiger partial charge on any atom is -0.459 e. The number of halogens is 1. The van der Waals surface area contributed by atoms with E-state index < -0.39 is 124 Å². The van der Waals surface area contributed by atoms with Gasteiger partial charge >= 0.3 is 12.0 Å². The van der Waals surface area contributed by atoms with Gasteiger partial charge in [0, 0.05) is 37.1 Å². The molecule has 2 amide bonds. The molecular formula is C44H74ClN3O15S. The van der Waals surface area contributed by atoms with Crippen LogP contribution in [0.25, 0.3) is 0 Å². The fraction of sp³-hybridized carbons (Fsp3) is 0.818. The van der Waals surface area contributed by atoms with Crippen LogP contribution >= 0.6 is 11.6 Å². The number of aliphatic hydroxyl groups is 5. The van der Waals surface area contributed by atoms with E-state index in [1.807, 2.05) is 25.9 Å². The van der Waals surface area contributed by atoms with Crippen molar-refractivity contribution in [1.29, 1.82) is 0 Å². The van der Waals surface area contributed by atoms with Gasteiger partial charge in [-0.3, -0.25) is 4.79 Å². The highest BCUT2D eigenvalue weighted by Gasteiger charge is 2.53. The summed E-state index contributed by atoms with van der Waals surface area (Å²) >= 11 is 5.98. The molecule has 3 saturated heterocycles. The highest BCUT2D eigenvalue weighted by Crippen LogP contribution is 2.40. The van der Waals surface area contributed by atoms with Crippen LogP contribution in [0.3, 0.4) is 0 Å². The number of amides is 2. The van der Waals surface area contributed by atoms with Crippen molar-refractivity contribution in [2.75, 3.05) is 27.7 Å². The lowest BCUT2D eigenvalue weighted by atomic mass is 9.77. The number of hydrogen-bond acceptors (Lipinski definition) is 16. The van der Waals surface area contributed by atoms with Crippen LogP contribution in [0.4, 0.5) is 4.79 Å². The zero-order valence-electron chi connectivity index (χ0n) is 39.5. The lowest BCUT2D eigenvalue weighted by molar-refractivity contribution is -0.318. The highest BCUT2D eigenvalue weighted by atomic mass is 35.5. The zero-order chi connectivity index (χ0) is 48.4. The number of methoxy groups -OCH3 is 1. The summed E-state index contributed by atoms with van der Waals surface area (Å²) in [5.74, 6) is -3.67. The number of ether oxygens (including phenoxy) is 6. The van der Waals surface area contributed by atoms with Crippen LogP contribution in [0.1, 0.15) is 94.9 Å². The van der Waals surface area contributed by atoms with E-state index >= 15 is 0 Å². The fourth-order valence-corrected chi connectivity index (χ4v) is 10.7. The molecule has 0 radical (unpaired) electrons. The average molecular weight is 953 g/mol. The SMILES string of the molecule is CC[C@H]1OC(=O)[C@H](C)[C@@H](O[C@H]2C[C@@](C)(OC)[C@@H](O)[C@H](C)O2)[C@H](C)[C@@H](O[C@@H]2O[C@H](C)C[C@H](N(C)C)[C@H]2O)[C@](C)(O)C[C@@H](C)CN(C(=O)NS(=O)(=O)c2ccc(Cl)cc2)[C@H](C)[C@@H](O)[C@]1(C)O. The van der Waals surface area contributed by atoms with E-state index in [2.05, 4.69) is 4.72 Å². The Hall–Kier alpha value is -2.24. The van der Waals surface area contributed by atoms with Crippen LogP contribution < -0.4 is 4.72 Å². The molecule has 3 aliphatic rings. The first-order valence-electron chi connectivity index (χ1n) is 22.1. The van der Waals surface area contributed by atoms with Crippen molar-refractivity contribution in [1.82, 2.24) is 14.5 Å². The van der Waals surface area contributed by atoms with Gasteiger partial charge in [0.2, 0.25) is 0 Å². The molecule has 0 aliphatic carbocycles. The molecule has 18 atom stereocenters. The van der Waals surface area contributed by atoms with E-state index in [0.717, 1.165) is 4.90 Å². The van der Waals surface area contributed by atoms with Crippen molar-refractivity contribution in [2.45, 2.75) is 190 Å². The van der Waals surface area contributed by atoms with Crippen LogP contribution in [-0.4, -0.2) is 174 Å². The average Bonchev–Trinajstić information content (AvgIpc) is 3.21. The van der Waals surface area contributed by atoms with E-state index in [4.69, 9.17) is 40.0 Å². The first-order valence-corrected chi connectivity index (χ1v) is 24.0. The number of carbonyl (C=O) groups excluding carboxylic acids is 2. The number of aliphatic hydroxyl groups excluding tert-OH is 3. The van der Waals surface area contributed by atoms with E-state index in [-0.39, 0.29) is 41.8 Å². The third-order valence-electron chi connectivity index (χ3n) is 13.5. The molecule has 20 heteroatoms. The summed E-state index contributed by atoms with van der Waals surface area (Å²) in [6, 6.07) is 2.30. The molecular weight excluding hydrogens is 878 g/mol. The number of esters is 1. The second-order valence-corrected chi connectivity index (χ2v) is 21.4. The molecule has 0 spiro atoms. The topological polar surface area (TPSA) is 243 Å². The summed E-state index contributed by atoms with van der Waals surface area (Å²) in [7, 11) is 0.614. The smallest absolute Gasteiger partial charge is 0.331 e. The van der Waals surface area contributed by atoms with Gasteiger partial charge in [-0.1, -0.05) is 32.4 Å². The highest BCUT2D eigenvalue weighted by molar-refractivity contribution is 7.90. The van der Waals surface area contributed by atoms with Crippen molar-refractivity contribution in [2.24, 2.45) is 17.8 Å². The lowest BCUT2D eigenvalue weighted by Crippen LogP contribution is -2.61. The fourth-order valence-electron chi connectivity index (χ4n) is 9.62. The molecule has 4 rings (SSSR count). The molecule has 1 aromatic carbocycles. The molecule has 64 heavy (non-hydrogen) atoms. The Kier molecular flexibility index (Phi) is 18.2. The quantitative estimate of drug-likeness (QED) is 0.195. The predicted molar refractivity (Wildman–Crippen MR) is 235 cm³/mol. The molecule has 18 nitrogen and oxygen atoms in total. The number of hydrogen-bond donors (Lipinski definition) is 6. The second-order valence-electron chi connectivity index (χ2n) is 19.2. The Bertz CT molecular complexity index is 1820. The molecule has 6 N–H and O–H groups in total. The third-order valence-corrected chi connectivity index (χ3v) is 15.1. The van der Waals surface area contributed by atoms with E-state index in [0.29, 0.717) is 6.42 Å². The molecule has 1 aromatic rings. The Morgan fingerprint density at radius 3 is 2.14 bits per heavy atom. The van der Waals surface area contributed by atoms with Crippen LogP contribution in [-0.2, 0) is 43.2 Å². The Morgan fingerprint density at radius 2 is 1.58 bits per heavy atom. The Morgan fingerprint density at radius 1 is 0.969 bits per heavy atom. The summed E-state index contributed by atoms with van der Waals surface area (Å²) < 4.78 is 66.6. The monoisotopic (exact) mass is 951 g/mol. The Labute approximate surface area is 383 Å². The van der Waals surface area contributed by atoms with Crippen molar-refractivity contribution in [3.63, 3.8) is 0 Å². The van der Waals surface area contributed by atoms with Crippen molar-refractivity contribution >= 4 is 33.6 Å². The lowest BCUT2D eigenvalue weighted by Gasteiger charge is -2.48. The third kappa shape index (κ3) is 12.3. The number of likely N-dealkylation sites (N-methyl/N-ethyl adjacent to an activating group) is 1. The minimum atomic E-state index is -4.49. The largest absolute Gasteiger partial charge is 0.459 e. The maximum absolute atomic E-state index is 14.5. The van der Waals surface area contributed by atoms with Gasteiger partial charge in [-0.05, 0) is 112 Å². The van der Waals surface area contributed by atoms with Crippen LogP contribution in [0, 0.1) is 17.8 Å². The maximum atomic E-state index is 14.5. The van der Waals surface area contributed by atoms with Gasteiger partial charge in [-0.15, -0.1) is 0 Å². The second kappa shape index (κ2) is 21.4. The summed E-state index contributed by atoms with van der Waals surface area (Å²) in [6.45, 7) is 15.7. The summed E-state index contributed by atoms with van der Waals surface area (Å²) in [5, 5.41) is 59.7. The normalized spacial score (nSPS) is 42.3. The molecule has 0 saturated carbocycles. The Balaban J connectivity index is 1.87. The van der Waals surface area contributed by atoms with Crippen molar-refractivity contribution in [3.8, 4) is 0 Å². The van der Waals surface area contributed by atoms with Gasteiger partial charge in [0.25, 0.3) is 10.0 Å². The molecule has 0 aromatic heterocycles. The van der Waals surface area contributed by atoms with Crippen LogP contribution in [0.15, 0.2) is 29.2 Å². The number of sulfonamides is 1. The van der Waals surface area contributed by atoms with E-state index in [1.54, 1.807) is 41.5 Å². The van der Waals surface area contributed by atoms with Crippen LogP contribution in [0.2, 0.25) is 5.02 Å². The minimum absolute atomic E-state index is 0.000222. The first-order chi connectivity index (χ1) is 29.5. The predicted octanol–water partition coefficient (Wildman–Crippen LogP) is 3.02. The van der Waals surface area contributed by atoms with Gasteiger partial charge in [-0.25, -0.2) is 17.9 Å². The molecule has 0 unspecified atom stereocenters. The first kappa shape index (κ1) is 54.4. The van der Waals surface area contributed by atoms with E-state index in [9.17, 15) is 43.5 Å². The standard InChI is InChI=1S/C44H74ClN3O15S/c1-14-32-44(10,55)36(50)27(6)48(41(53)46-64(56,57)30-17-15-29(45)16-18-30)22-23(2)20-42(8,54)38(63-40-34(49)31(47(11)12)19-24(3)59-40)25(4)35(26(5)39(52)61-32)62-33-21-43(9,58-13)37(51)28(7)60-33/h15-18,23-28,31-38,40,49-51,54-55H,14,19-22H2,1-13H3,(H,46,53)/t23-,24-,25+,26-,27-,28+,31+,32-,33+,34-,35+,36-,37+,38-,40+,42-,43-,44-/m1/s1. The molecule has 0 bridgehead atoms. The van der Waals surface area contributed by atoms with Crippen molar-refractivity contribution < 1.29 is 72.0 Å². The maximum Gasteiger partial charge on any atom is 0.331 e. The number of nitrogens with one attached hydrogen (secondary N) is 1. The molecule has 3 fully saturated rings. The number of benzene rings is 1. The van der Waals surface area contributed by atoms with Crippen molar-refractivity contribution in [3.05, 3.63) is 29.3 Å². The van der Waals surface area contributed by atoms with Gasteiger partial charge in [0.1, 0.15) is 30.0 Å². The summed E-state index contributed by atoms with van der Waals surface area (Å²) in [4.78, 5) is 31.3. The van der Waals surface area contributed by atoms with Gasteiger partial charge < -0.3 is 63.8 Å². The molecule has 368 valence electrons.